The summed E-state index contributed by atoms with van der Waals surface area (Å²) in [7, 11) is 0. The highest BCUT2D eigenvalue weighted by atomic mass is 16.4. The van der Waals surface area contributed by atoms with E-state index >= 15 is 0 Å². The molecule has 0 saturated heterocycles. The zero-order chi connectivity index (χ0) is 15.1. The van der Waals surface area contributed by atoms with E-state index in [1.807, 2.05) is 6.07 Å². The average Bonchev–Trinajstić information content (AvgIpc) is 3.11. The number of aromatic nitrogens is 2. The van der Waals surface area contributed by atoms with E-state index < -0.39 is 0 Å². The number of hydrogen-bond acceptors (Lipinski definition) is 6. The number of nitriles is 1. The Kier molecular flexibility index (Phi) is 2.53. The van der Waals surface area contributed by atoms with Crippen molar-refractivity contribution < 1.29 is 8.83 Å². The molecule has 2 aromatic rings. The molecule has 0 atom stereocenters. The van der Waals surface area contributed by atoms with Crippen LogP contribution in [0.15, 0.2) is 56.3 Å². The SMILES string of the molecule is N#Cc1nnc(-c2ccco2)oc2c3ccccc3c(=O)c1=2. The third kappa shape index (κ3) is 1.63. The third-order valence-corrected chi connectivity index (χ3v) is 3.38. The summed E-state index contributed by atoms with van der Waals surface area (Å²) in [5.41, 5.74) is -0.0758. The van der Waals surface area contributed by atoms with Crippen LogP contribution in [0, 0.1) is 22.0 Å². The van der Waals surface area contributed by atoms with Gasteiger partial charge >= 0.3 is 0 Å². The van der Waals surface area contributed by atoms with Gasteiger partial charge in [-0.05, 0) is 12.1 Å². The lowest BCUT2D eigenvalue weighted by atomic mass is 10.2. The standard InChI is InChI=1S/C16H7N3O3/c17-8-11-13-14(20)9-4-1-2-5-10(9)15(13)22-16(19-18-11)12-6-3-7-21-12/h1-7H. The van der Waals surface area contributed by atoms with Crippen molar-refractivity contribution in [3.63, 3.8) is 0 Å². The zero-order valence-corrected chi connectivity index (χ0v) is 11.1. The van der Waals surface area contributed by atoms with Gasteiger partial charge in [0.25, 0.3) is 5.89 Å². The maximum atomic E-state index is 12.5. The summed E-state index contributed by atoms with van der Waals surface area (Å²) < 4.78 is 11.0. The topological polar surface area (TPSA) is 92.9 Å². The molecule has 1 aromatic carbocycles. The van der Waals surface area contributed by atoms with Crippen LogP contribution in [-0.2, 0) is 0 Å². The maximum Gasteiger partial charge on any atom is 0.282 e. The molecule has 4 rings (SSSR count). The molecule has 22 heavy (non-hydrogen) atoms. The molecule has 2 aliphatic rings. The Morgan fingerprint density at radius 3 is 2.59 bits per heavy atom. The first-order valence-electron chi connectivity index (χ1n) is 6.46. The van der Waals surface area contributed by atoms with Gasteiger partial charge in [0.2, 0.25) is 5.43 Å². The molecule has 1 aliphatic heterocycles. The first-order valence-corrected chi connectivity index (χ1v) is 6.46. The van der Waals surface area contributed by atoms with E-state index in [4.69, 9.17) is 8.83 Å². The quantitative estimate of drug-likeness (QED) is 0.534. The molecule has 0 amide bonds. The molecule has 0 saturated carbocycles. The predicted molar refractivity (Wildman–Crippen MR) is 75.8 cm³/mol. The van der Waals surface area contributed by atoms with Gasteiger partial charge < -0.3 is 8.83 Å². The van der Waals surface area contributed by atoms with E-state index in [9.17, 15) is 10.1 Å². The van der Waals surface area contributed by atoms with Crippen LogP contribution in [0.1, 0.15) is 5.69 Å². The van der Waals surface area contributed by atoms with E-state index in [1.165, 1.54) is 6.26 Å². The minimum absolute atomic E-state index is 0.0715. The normalized spacial score (nSPS) is 10.9. The van der Waals surface area contributed by atoms with Crippen LogP contribution in [0.25, 0.3) is 22.4 Å². The number of furan rings is 1. The first-order chi connectivity index (χ1) is 10.8. The van der Waals surface area contributed by atoms with Gasteiger partial charge in [0.1, 0.15) is 11.3 Å². The van der Waals surface area contributed by atoms with Crippen molar-refractivity contribution in [1.29, 1.82) is 5.26 Å². The van der Waals surface area contributed by atoms with Crippen molar-refractivity contribution in [2.45, 2.75) is 0 Å². The minimum atomic E-state index is -0.290. The van der Waals surface area contributed by atoms with Gasteiger partial charge in [-0.1, -0.05) is 24.3 Å². The zero-order valence-electron chi connectivity index (χ0n) is 11.1. The van der Waals surface area contributed by atoms with Crippen molar-refractivity contribution in [3.05, 3.63) is 69.2 Å². The van der Waals surface area contributed by atoms with Crippen LogP contribution in [0.4, 0.5) is 0 Å². The third-order valence-electron chi connectivity index (χ3n) is 3.38. The average molecular weight is 289 g/mol. The molecule has 2 heterocycles. The number of benzene rings is 1. The van der Waals surface area contributed by atoms with Crippen LogP contribution in [-0.4, -0.2) is 10.2 Å². The van der Waals surface area contributed by atoms with E-state index in [1.54, 1.807) is 36.4 Å². The summed E-state index contributed by atoms with van der Waals surface area (Å²) in [4.78, 5) is 12.5. The lowest BCUT2D eigenvalue weighted by molar-refractivity contribution is 0.487. The van der Waals surface area contributed by atoms with Crippen LogP contribution in [0.2, 0.25) is 0 Å². The molecular weight excluding hydrogens is 282 g/mol. The van der Waals surface area contributed by atoms with Crippen LogP contribution in [0.5, 0.6) is 0 Å². The molecule has 0 fully saturated rings. The monoisotopic (exact) mass is 289 g/mol. The lowest BCUT2D eigenvalue weighted by Crippen LogP contribution is -1.99. The van der Waals surface area contributed by atoms with Crippen LogP contribution < -0.4 is 5.43 Å². The number of rotatable bonds is 1. The number of hydrogen-bond donors (Lipinski definition) is 0. The van der Waals surface area contributed by atoms with E-state index in [-0.39, 0.29) is 27.6 Å². The molecule has 104 valence electrons. The molecule has 0 N–H and O–H groups in total. The summed E-state index contributed by atoms with van der Waals surface area (Å²) in [6.07, 6.45) is 1.48. The molecular formula is C16H7N3O3. The fourth-order valence-electron chi connectivity index (χ4n) is 2.41. The molecule has 0 spiro atoms. The first kappa shape index (κ1) is 12.3. The fraction of sp³-hybridized carbons (Fsp3) is 0. The molecule has 0 unspecified atom stereocenters. The van der Waals surface area contributed by atoms with Crippen molar-refractivity contribution in [2.24, 2.45) is 0 Å². The molecule has 1 aromatic heterocycles. The summed E-state index contributed by atoms with van der Waals surface area (Å²) in [6.45, 7) is 0. The van der Waals surface area contributed by atoms with E-state index in [0.717, 1.165) is 0 Å². The number of fused-ring (bicyclic) bond motifs is 2. The minimum Gasteiger partial charge on any atom is -0.459 e. The van der Waals surface area contributed by atoms with Crippen molar-refractivity contribution in [1.82, 2.24) is 10.2 Å². The van der Waals surface area contributed by atoms with E-state index in [0.29, 0.717) is 16.5 Å². The smallest absolute Gasteiger partial charge is 0.282 e. The van der Waals surface area contributed by atoms with E-state index in [2.05, 4.69) is 10.2 Å². The summed E-state index contributed by atoms with van der Waals surface area (Å²) in [5, 5.41) is 18.2. The second-order valence-corrected chi connectivity index (χ2v) is 4.62. The Balaban J connectivity index is 2.29. The Morgan fingerprint density at radius 2 is 1.86 bits per heavy atom. The Hall–Kier alpha value is -3.46. The van der Waals surface area contributed by atoms with Gasteiger partial charge in [-0.3, -0.25) is 4.79 Å². The van der Waals surface area contributed by atoms with Crippen molar-refractivity contribution in [3.8, 4) is 17.7 Å². The lowest BCUT2D eigenvalue weighted by Gasteiger charge is -1.90. The maximum absolute atomic E-state index is 12.5. The predicted octanol–water partition coefficient (Wildman–Crippen LogP) is 2.44. The second-order valence-electron chi connectivity index (χ2n) is 4.62. The summed E-state index contributed by atoms with van der Waals surface area (Å²) in [5.74, 6) is 0.471. The van der Waals surface area contributed by atoms with Crippen molar-refractivity contribution in [2.75, 3.05) is 0 Å². The highest BCUT2D eigenvalue weighted by Gasteiger charge is 2.15. The van der Waals surface area contributed by atoms with Gasteiger partial charge in [-0.25, -0.2) is 0 Å². The largest absolute Gasteiger partial charge is 0.459 e. The van der Waals surface area contributed by atoms with Crippen molar-refractivity contribution >= 4 is 10.8 Å². The van der Waals surface area contributed by atoms with Gasteiger partial charge in [0, 0.05) is 10.8 Å². The van der Waals surface area contributed by atoms with Gasteiger partial charge in [-0.15, -0.1) is 10.2 Å². The number of nitrogens with zero attached hydrogens (tertiary/aromatic N) is 3. The highest BCUT2D eigenvalue weighted by molar-refractivity contribution is 5.83. The summed E-state index contributed by atoms with van der Waals surface area (Å²) in [6, 6.07) is 12.2. The second kappa shape index (κ2) is 4.53. The van der Waals surface area contributed by atoms with Crippen LogP contribution >= 0.6 is 0 Å². The molecule has 6 heteroatoms. The Labute approximate surface area is 122 Å². The Bertz CT molecular complexity index is 1150. The molecule has 1 aliphatic carbocycles. The fourth-order valence-corrected chi connectivity index (χ4v) is 2.41. The molecule has 6 nitrogen and oxygen atoms in total. The Morgan fingerprint density at radius 1 is 1.05 bits per heavy atom. The highest BCUT2D eigenvalue weighted by Crippen LogP contribution is 2.20. The van der Waals surface area contributed by atoms with Gasteiger partial charge in [-0.2, -0.15) is 5.26 Å². The van der Waals surface area contributed by atoms with Gasteiger partial charge in [0.05, 0.1) is 6.26 Å². The summed E-state index contributed by atoms with van der Waals surface area (Å²) >= 11 is 0. The van der Waals surface area contributed by atoms with Gasteiger partial charge in [0.15, 0.2) is 16.9 Å². The molecule has 0 bridgehead atoms. The molecule has 0 radical (unpaired) electrons. The van der Waals surface area contributed by atoms with Crippen LogP contribution in [0.3, 0.4) is 0 Å².